The van der Waals surface area contributed by atoms with Crippen molar-refractivity contribution < 1.29 is 19.7 Å². The fourth-order valence-corrected chi connectivity index (χ4v) is 4.58. The number of benzene rings is 1. The maximum absolute atomic E-state index is 11.9. The zero-order valence-electron chi connectivity index (χ0n) is 14.4. The molecule has 3 saturated carbocycles. The minimum Gasteiger partial charge on any atom is -0.445 e. The molecule has 0 radical (unpaired) electrons. The first kappa shape index (κ1) is 17.2. The Bertz CT molecular complexity index is 588. The molecule has 4 rings (SSSR count). The summed E-state index contributed by atoms with van der Waals surface area (Å²) in [5.74, 6) is 0.492. The average Bonchev–Trinajstić information content (AvgIpc) is 2.59. The molecule has 0 spiro atoms. The van der Waals surface area contributed by atoms with E-state index in [-0.39, 0.29) is 30.5 Å². The monoisotopic (exact) mass is 333 g/mol. The molecule has 0 saturated heterocycles. The van der Waals surface area contributed by atoms with Gasteiger partial charge in [-0.05, 0) is 35.7 Å². The summed E-state index contributed by atoms with van der Waals surface area (Å²) in [6.07, 6.45) is 1.29. The highest BCUT2D eigenvalue weighted by Crippen LogP contribution is 2.64. The molecular formula is C19H27NO4. The van der Waals surface area contributed by atoms with Crippen molar-refractivity contribution in [3.05, 3.63) is 35.9 Å². The summed E-state index contributed by atoms with van der Waals surface area (Å²) in [5.41, 5.74) is -0.132. The summed E-state index contributed by atoms with van der Waals surface area (Å²) in [6, 6.07) is 9.50. The number of hydrogen-bond donors (Lipinski definition) is 3. The van der Waals surface area contributed by atoms with Crippen LogP contribution in [0.4, 0.5) is 4.79 Å². The van der Waals surface area contributed by atoms with Crippen LogP contribution in [0.25, 0.3) is 0 Å². The predicted molar refractivity (Wildman–Crippen MR) is 90.2 cm³/mol. The van der Waals surface area contributed by atoms with E-state index in [1.165, 1.54) is 0 Å². The highest BCUT2D eigenvalue weighted by Gasteiger charge is 2.64. The molecule has 0 heterocycles. The van der Waals surface area contributed by atoms with Crippen molar-refractivity contribution >= 4 is 6.09 Å². The van der Waals surface area contributed by atoms with Crippen LogP contribution in [0.15, 0.2) is 30.3 Å². The van der Waals surface area contributed by atoms with Gasteiger partial charge < -0.3 is 20.3 Å². The van der Waals surface area contributed by atoms with Crippen molar-refractivity contribution in [2.24, 2.45) is 23.2 Å². The third-order valence-corrected chi connectivity index (χ3v) is 6.31. The Hall–Kier alpha value is -1.59. The van der Waals surface area contributed by atoms with Crippen LogP contribution in [0, 0.1) is 23.2 Å². The first-order chi connectivity index (χ1) is 11.4. The number of alkyl carbamates (subject to hydrolysis) is 1. The highest BCUT2D eigenvalue weighted by molar-refractivity contribution is 5.67. The first-order valence-electron chi connectivity index (χ1n) is 8.65. The quantitative estimate of drug-likeness (QED) is 0.773. The maximum atomic E-state index is 11.9. The summed E-state index contributed by atoms with van der Waals surface area (Å²) >= 11 is 0. The predicted octanol–water partition coefficient (Wildman–Crippen LogP) is 2.32. The lowest BCUT2D eigenvalue weighted by molar-refractivity contribution is -0.245. The number of fused-ring (bicyclic) bond motifs is 2. The molecule has 3 fully saturated rings. The van der Waals surface area contributed by atoms with Crippen LogP contribution in [0.1, 0.15) is 32.3 Å². The van der Waals surface area contributed by atoms with Gasteiger partial charge >= 0.3 is 6.09 Å². The maximum Gasteiger partial charge on any atom is 0.407 e. The second-order valence-electron chi connectivity index (χ2n) is 7.83. The molecule has 1 aromatic carbocycles. The third kappa shape index (κ3) is 2.91. The van der Waals surface area contributed by atoms with Crippen LogP contribution >= 0.6 is 0 Å². The number of nitrogens with one attached hydrogen (secondary N) is 1. The second kappa shape index (κ2) is 6.37. The van der Waals surface area contributed by atoms with Crippen LogP contribution < -0.4 is 5.32 Å². The van der Waals surface area contributed by atoms with E-state index in [9.17, 15) is 15.0 Å². The van der Waals surface area contributed by atoms with Gasteiger partial charge in [0.15, 0.2) is 0 Å². The Kier molecular flexibility index (Phi) is 4.58. The topological polar surface area (TPSA) is 78.8 Å². The van der Waals surface area contributed by atoms with Gasteiger partial charge in [0.05, 0.1) is 12.2 Å². The fraction of sp³-hybridized carbons (Fsp3) is 0.632. The number of hydrogen-bond acceptors (Lipinski definition) is 4. The zero-order chi connectivity index (χ0) is 17.4. The Morgan fingerprint density at radius 1 is 1.29 bits per heavy atom. The Labute approximate surface area is 143 Å². The van der Waals surface area contributed by atoms with Gasteiger partial charge in [-0.25, -0.2) is 4.79 Å². The van der Waals surface area contributed by atoms with E-state index < -0.39 is 11.7 Å². The van der Waals surface area contributed by atoms with Crippen molar-refractivity contribution in [3.63, 3.8) is 0 Å². The molecule has 3 aliphatic carbocycles. The Morgan fingerprint density at radius 2 is 2.00 bits per heavy atom. The van der Waals surface area contributed by atoms with Gasteiger partial charge in [-0.1, -0.05) is 44.2 Å². The number of ether oxygens (including phenoxy) is 1. The smallest absolute Gasteiger partial charge is 0.407 e. The van der Waals surface area contributed by atoms with E-state index in [2.05, 4.69) is 19.2 Å². The lowest BCUT2D eigenvalue weighted by atomic mass is 9.41. The lowest BCUT2D eigenvalue weighted by Crippen LogP contribution is -2.68. The standard InChI is InChI=1S/C19H27NO4/c1-18(2)14-8-15(19(23,12-21)16(18)9-14)10-20-17(22)24-11-13-6-4-3-5-7-13/h3-7,14-16,21,23H,8-12H2,1-2H3,(H,20,22). The number of amides is 1. The minimum absolute atomic E-state index is 0.0573. The Morgan fingerprint density at radius 3 is 2.62 bits per heavy atom. The SMILES string of the molecule is CC1(C)C2CC(CNC(=O)OCc3ccccc3)C(O)(CO)C1C2. The van der Waals surface area contributed by atoms with Crippen molar-refractivity contribution in [1.29, 1.82) is 0 Å². The van der Waals surface area contributed by atoms with E-state index in [1.807, 2.05) is 30.3 Å². The van der Waals surface area contributed by atoms with Crippen molar-refractivity contribution in [2.45, 2.75) is 38.9 Å². The third-order valence-electron chi connectivity index (χ3n) is 6.31. The molecule has 4 unspecified atom stereocenters. The fourth-order valence-electron chi connectivity index (χ4n) is 4.58. The highest BCUT2D eigenvalue weighted by atomic mass is 16.5. The summed E-state index contributed by atoms with van der Waals surface area (Å²) in [4.78, 5) is 11.9. The molecule has 0 aliphatic heterocycles. The van der Waals surface area contributed by atoms with E-state index in [4.69, 9.17) is 4.74 Å². The zero-order valence-corrected chi connectivity index (χ0v) is 14.4. The molecule has 3 N–H and O–H groups in total. The van der Waals surface area contributed by atoms with Crippen LogP contribution in [0.5, 0.6) is 0 Å². The van der Waals surface area contributed by atoms with E-state index in [1.54, 1.807) is 0 Å². The second-order valence-corrected chi connectivity index (χ2v) is 7.83. The molecule has 24 heavy (non-hydrogen) atoms. The number of carbonyl (C=O) groups excluding carboxylic acids is 1. The van der Waals surface area contributed by atoms with Crippen LogP contribution in [0.3, 0.4) is 0 Å². The Balaban J connectivity index is 1.52. The van der Waals surface area contributed by atoms with Gasteiger partial charge in [-0.15, -0.1) is 0 Å². The molecule has 1 aromatic rings. The van der Waals surface area contributed by atoms with E-state index in [0.717, 1.165) is 18.4 Å². The molecule has 132 valence electrons. The van der Waals surface area contributed by atoms with Crippen molar-refractivity contribution in [1.82, 2.24) is 5.32 Å². The van der Waals surface area contributed by atoms with Gasteiger partial charge in [0.1, 0.15) is 6.61 Å². The van der Waals surface area contributed by atoms with Crippen LogP contribution in [0.2, 0.25) is 0 Å². The minimum atomic E-state index is -1.12. The lowest BCUT2D eigenvalue weighted by Gasteiger charge is -2.65. The summed E-state index contributed by atoms with van der Waals surface area (Å²) in [5, 5.41) is 23.5. The van der Waals surface area contributed by atoms with Crippen LogP contribution in [-0.2, 0) is 11.3 Å². The summed E-state index contributed by atoms with van der Waals surface area (Å²) < 4.78 is 5.21. The van der Waals surface area contributed by atoms with Gasteiger partial charge in [-0.3, -0.25) is 0 Å². The molecular weight excluding hydrogens is 306 g/mol. The number of aliphatic hydroxyl groups is 2. The van der Waals surface area contributed by atoms with Gasteiger partial charge in [0.25, 0.3) is 0 Å². The molecule has 5 heteroatoms. The van der Waals surface area contributed by atoms with Gasteiger partial charge in [0.2, 0.25) is 0 Å². The van der Waals surface area contributed by atoms with E-state index >= 15 is 0 Å². The summed E-state index contributed by atoms with van der Waals surface area (Å²) in [6.45, 7) is 4.60. The molecule has 4 atom stereocenters. The molecule has 2 bridgehead atoms. The number of carbonyl (C=O) groups is 1. The van der Waals surface area contributed by atoms with E-state index in [0.29, 0.717) is 12.5 Å². The normalized spacial score (nSPS) is 33.4. The summed E-state index contributed by atoms with van der Waals surface area (Å²) in [7, 11) is 0. The van der Waals surface area contributed by atoms with Crippen LogP contribution in [-0.4, -0.2) is 35.1 Å². The molecule has 0 aromatic heterocycles. The molecule has 1 amide bonds. The molecule has 3 aliphatic rings. The number of aliphatic hydroxyl groups excluding tert-OH is 1. The van der Waals surface area contributed by atoms with Gasteiger partial charge in [-0.2, -0.15) is 0 Å². The molecule has 5 nitrogen and oxygen atoms in total. The van der Waals surface area contributed by atoms with Crippen molar-refractivity contribution in [3.8, 4) is 0 Å². The average molecular weight is 333 g/mol. The largest absolute Gasteiger partial charge is 0.445 e. The van der Waals surface area contributed by atoms with Gasteiger partial charge in [0, 0.05) is 12.5 Å². The number of rotatable bonds is 5. The van der Waals surface area contributed by atoms with Crippen molar-refractivity contribution in [2.75, 3.05) is 13.2 Å². The first-order valence-corrected chi connectivity index (χ1v) is 8.65.